The molecule has 0 spiro atoms. The molecule has 3 nitrogen and oxygen atoms in total. The largest absolute Gasteiger partial charge is 0.506 e. The van der Waals surface area contributed by atoms with Gasteiger partial charge in [-0.1, -0.05) is 12.1 Å². The Balaban J connectivity index is 0.000000845. The van der Waals surface area contributed by atoms with Gasteiger partial charge in [-0.3, -0.25) is 0 Å². The monoisotopic (exact) mass is 196 g/mol. The van der Waals surface area contributed by atoms with Crippen molar-refractivity contribution in [2.75, 3.05) is 0 Å². The second-order valence-corrected chi connectivity index (χ2v) is 2.44. The molecule has 0 aliphatic rings. The van der Waals surface area contributed by atoms with Crippen LogP contribution in [0.15, 0.2) is 42.7 Å². The van der Waals surface area contributed by atoms with E-state index in [0.717, 1.165) is 0 Å². The first-order valence-electron chi connectivity index (χ1n) is 3.66. The van der Waals surface area contributed by atoms with E-state index in [1.165, 1.54) is 0 Å². The van der Waals surface area contributed by atoms with Gasteiger partial charge in [-0.05, 0) is 18.2 Å². The van der Waals surface area contributed by atoms with Gasteiger partial charge in [0.25, 0.3) is 0 Å². The van der Waals surface area contributed by atoms with Gasteiger partial charge in [0.1, 0.15) is 11.4 Å². The first kappa shape index (κ1) is 9.61. The maximum atomic E-state index is 9.42. The van der Waals surface area contributed by atoms with Crippen LogP contribution in [0.5, 0.6) is 5.75 Å². The molecule has 1 heterocycles. The van der Waals surface area contributed by atoms with Crippen LogP contribution in [-0.4, -0.2) is 14.9 Å². The molecule has 0 aliphatic heterocycles. The lowest BCUT2D eigenvalue weighted by molar-refractivity contribution is 0.470. The SMILES string of the molecule is Cl.Oc1ccccc1-n1cccn1. The first-order valence-corrected chi connectivity index (χ1v) is 3.66. The molecule has 0 fully saturated rings. The number of benzene rings is 1. The van der Waals surface area contributed by atoms with Crippen LogP contribution in [0.4, 0.5) is 0 Å². The molecule has 1 aromatic heterocycles. The Morgan fingerprint density at radius 2 is 1.92 bits per heavy atom. The summed E-state index contributed by atoms with van der Waals surface area (Å²) in [5, 5.41) is 13.4. The van der Waals surface area contributed by atoms with Gasteiger partial charge in [-0.2, -0.15) is 5.10 Å². The van der Waals surface area contributed by atoms with Crippen LogP contribution in [0, 0.1) is 0 Å². The summed E-state index contributed by atoms with van der Waals surface area (Å²) in [5.74, 6) is 0.237. The highest BCUT2D eigenvalue weighted by atomic mass is 35.5. The minimum Gasteiger partial charge on any atom is -0.506 e. The molecule has 2 rings (SSSR count). The summed E-state index contributed by atoms with van der Waals surface area (Å²) in [6, 6.07) is 8.89. The number of halogens is 1. The molecule has 0 aliphatic carbocycles. The van der Waals surface area contributed by atoms with Crippen molar-refractivity contribution in [3.8, 4) is 11.4 Å². The van der Waals surface area contributed by atoms with E-state index in [0.29, 0.717) is 5.69 Å². The summed E-state index contributed by atoms with van der Waals surface area (Å²) in [7, 11) is 0. The Kier molecular flexibility index (Phi) is 2.93. The van der Waals surface area contributed by atoms with Gasteiger partial charge in [0.15, 0.2) is 0 Å². The molecule has 0 saturated carbocycles. The predicted molar refractivity (Wildman–Crippen MR) is 52.5 cm³/mol. The lowest BCUT2D eigenvalue weighted by Crippen LogP contribution is -1.93. The van der Waals surface area contributed by atoms with Crippen LogP contribution in [-0.2, 0) is 0 Å². The molecule has 0 radical (unpaired) electrons. The van der Waals surface area contributed by atoms with E-state index in [-0.39, 0.29) is 18.2 Å². The Morgan fingerprint density at radius 1 is 1.15 bits per heavy atom. The average molecular weight is 197 g/mol. The highest BCUT2D eigenvalue weighted by Crippen LogP contribution is 2.18. The smallest absolute Gasteiger partial charge is 0.141 e. The molecule has 2 aromatic rings. The molecule has 1 aromatic carbocycles. The summed E-state index contributed by atoms with van der Waals surface area (Å²) < 4.78 is 1.62. The summed E-state index contributed by atoms with van der Waals surface area (Å²) in [6.45, 7) is 0. The number of aromatic nitrogens is 2. The van der Waals surface area contributed by atoms with Crippen LogP contribution < -0.4 is 0 Å². The lowest BCUT2D eigenvalue weighted by atomic mass is 10.3. The second kappa shape index (κ2) is 3.96. The van der Waals surface area contributed by atoms with Crippen LogP contribution >= 0.6 is 12.4 Å². The highest BCUT2D eigenvalue weighted by Gasteiger charge is 1.99. The van der Waals surface area contributed by atoms with Crippen molar-refractivity contribution in [2.24, 2.45) is 0 Å². The Morgan fingerprint density at radius 3 is 2.54 bits per heavy atom. The van der Waals surface area contributed by atoms with Crippen molar-refractivity contribution in [1.82, 2.24) is 9.78 Å². The van der Waals surface area contributed by atoms with Gasteiger partial charge in [0, 0.05) is 12.4 Å². The quantitative estimate of drug-likeness (QED) is 0.758. The summed E-state index contributed by atoms with van der Waals surface area (Å²) >= 11 is 0. The molecule has 1 N–H and O–H groups in total. The van der Waals surface area contributed by atoms with Crippen molar-refractivity contribution in [1.29, 1.82) is 0 Å². The van der Waals surface area contributed by atoms with Crippen LogP contribution in [0.3, 0.4) is 0 Å². The van der Waals surface area contributed by atoms with Crippen molar-refractivity contribution >= 4 is 12.4 Å². The number of nitrogens with zero attached hydrogens (tertiary/aromatic N) is 2. The minimum absolute atomic E-state index is 0. The molecule has 13 heavy (non-hydrogen) atoms. The van der Waals surface area contributed by atoms with E-state index in [2.05, 4.69) is 5.10 Å². The third-order valence-corrected chi connectivity index (χ3v) is 1.63. The second-order valence-electron chi connectivity index (χ2n) is 2.44. The fraction of sp³-hybridized carbons (Fsp3) is 0. The first-order chi connectivity index (χ1) is 5.88. The van der Waals surface area contributed by atoms with Gasteiger partial charge in [0.2, 0.25) is 0 Å². The molecular weight excluding hydrogens is 188 g/mol. The maximum Gasteiger partial charge on any atom is 0.141 e. The molecular formula is C9H9ClN2O. The van der Waals surface area contributed by atoms with Gasteiger partial charge in [-0.25, -0.2) is 4.68 Å². The van der Waals surface area contributed by atoms with Gasteiger partial charge >= 0.3 is 0 Å². The topological polar surface area (TPSA) is 38.0 Å². The van der Waals surface area contributed by atoms with Crippen LogP contribution in [0.2, 0.25) is 0 Å². The van der Waals surface area contributed by atoms with E-state index in [9.17, 15) is 5.11 Å². The summed E-state index contributed by atoms with van der Waals surface area (Å²) in [4.78, 5) is 0. The number of phenolic OH excluding ortho intramolecular Hbond substituents is 1. The predicted octanol–water partition coefficient (Wildman–Crippen LogP) is 2.00. The maximum absolute atomic E-state index is 9.42. The molecule has 0 amide bonds. The highest BCUT2D eigenvalue weighted by molar-refractivity contribution is 5.85. The van der Waals surface area contributed by atoms with E-state index < -0.39 is 0 Å². The zero-order chi connectivity index (χ0) is 8.39. The number of phenols is 1. The van der Waals surface area contributed by atoms with E-state index in [4.69, 9.17) is 0 Å². The zero-order valence-corrected chi connectivity index (χ0v) is 7.61. The Hall–Kier alpha value is -1.48. The number of hydrogen-bond acceptors (Lipinski definition) is 2. The van der Waals surface area contributed by atoms with E-state index >= 15 is 0 Å². The number of hydrogen-bond donors (Lipinski definition) is 1. The van der Waals surface area contributed by atoms with Crippen molar-refractivity contribution in [2.45, 2.75) is 0 Å². The van der Waals surface area contributed by atoms with Gasteiger partial charge in [0.05, 0.1) is 0 Å². The minimum atomic E-state index is 0. The summed E-state index contributed by atoms with van der Waals surface area (Å²) in [6.07, 6.45) is 3.46. The van der Waals surface area contributed by atoms with E-state index in [1.807, 2.05) is 18.2 Å². The Bertz CT molecular complexity index is 373. The fourth-order valence-electron chi connectivity index (χ4n) is 1.07. The normalized spacial score (nSPS) is 9.23. The molecule has 4 heteroatoms. The average Bonchev–Trinajstić information content (AvgIpc) is 2.57. The fourth-order valence-corrected chi connectivity index (χ4v) is 1.07. The number of aromatic hydroxyl groups is 1. The van der Waals surface area contributed by atoms with Crippen molar-refractivity contribution < 1.29 is 5.11 Å². The molecule has 0 saturated heterocycles. The Labute approximate surface area is 82.0 Å². The van der Waals surface area contributed by atoms with E-state index in [1.54, 1.807) is 29.2 Å². The van der Waals surface area contributed by atoms with Gasteiger partial charge < -0.3 is 5.11 Å². The van der Waals surface area contributed by atoms with Gasteiger partial charge in [-0.15, -0.1) is 12.4 Å². The number of rotatable bonds is 1. The summed E-state index contributed by atoms with van der Waals surface area (Å²) in [5.41, 5.74) is 0.697. The third-order valence-electron chi connectivity index (χ3n) is 1.63. The molecule has 68 valence electrons. The van der Waals surface area contributed by atoms with Crippen LogP contribution in [0.1, 0.15) is 0 Å². The lowest BCUT2D eigenvalue weighted by Gasteiger charge is -2.02. The number of para-hydroxylation sites is 2. The standard InChI is InChI=1S/C9H8N2O.ClH/c12-9-5-2-1-4-8(9)11-7-3-6-10-11;/h1-7,12H;1H. The molecule has 0 bridgehead atoms. The third kappa shape index (κ3) is 1.81. The van der Waals surface area contributed by atoms with Crippen molar-refractivity contribution in [3.63, 3.8) is 0 Å². The van der Waals surface area contributed by atoms with Crippen molar-refractivity contribution in [3.05, 3.63) is 42.7 Å². The van der Waals surface area contributed by atoms with Crippen LogP contribution in [0.25, 0.3) is 5.69 Å². The molecule has 0 atom stereocenters. The zero-order valence-electron chi connectivity index (χ0n) is 6.79. The molecule has 0 unspecified atom stereocenters.